The fraction of sp³-hybridized carbons (Fsp3) is 0.409. The summed E-state index contributed by atoms with van der Waals surface area (Å²) in [5.41, 5.74) is 2.67. The van der Waals surface area contributed by atoms with E-state index in [-0.39, 0.29) is 18.9 Å². The normalized spacial score (nSPS) is 16.3. The smallest absolute Gasteiger partial charge is 0.307 e. The number of hydrogen-bond donors (Lipinski definition) is 2. The van der Waals surface area contributed by atoms with E-state index in [1.807, 2.05) is 29.2 Å². The monoisotopic (exact) mass is 397 g/mol. The van der Waals surface area contributed by atoms with Crippen molar-refractivity contribution in [1.82, 2.24) is 15.2 Å². The second-order valence-electron chi connectivity index (χ2n) is 7.27. The van der Waals surface area contributed by atoms with Crippen LogP contribution < -0.4 is 10.1 Å². The second kappa shape index (κ2) is 10.6. The van der Waals surface area contributed by atoms with Crippen LogP contribution >= 0.6 is 0 Å². The Balaban J connectivity index is 1.87. The number of ether oxygens (including phenoxy) is 1. The number of nitrogens with zero attached hydrogens (tertiary/aromatic N) is 2. The highest BCUT2D eigenvalue weighted by Crippen LogP contribution is 2.24. The minimum absolute atomic E-state index is 0.0116. The maximum Gasteiger partial charge on any atom is 0.307 e. The Kier molecular flexibility index (Phi) is 7.58. The van der Waals surface area contributed by atoms with E-state index in [0.29, 0.717) is 26.2 Å². The van der Waals surface area contributed by atoms with E-state index in [2.05, 4.69) is 10.3 Å². The highest BCUT2D eigenvalue weighted by molar-refractivity contribution is 5.78. The van der Waals surface area contributed by atoms with Crippen molar-refractivity contribution in [2.75, 3.05) is 19.7 Å². The van der Waals surface area contributed by atoms with Crippen LogP contribution in [0.1, 0.15) is 36.0 Å². The lowest BCUT2D eigenvalue weighted by atomic mass is 10.1. The first-order valence-corrected chi connectivity index (χ1v) is 9.94. The number of benzene rings is 1. The number of rotatable bonds is 4. The molecule has 0 bridgehead atoms. The number of carbonyl (C=O) groups excluding carboxylic acids is 1. The number of aromatic nitrogens is 1. The lowest BCUT2D eigenvalue weighted by Crippen LogP contribution is -2.37. The molecule has 0 saturated heterocycles. The van der Waals surface area contributed by atoms with Crippen molar-refractivity contribution in [3.8, 4) is 5.75 Å². The largest absolute Gasteiger partial charge is 0.493 e. The number of carboxylic acid groups (broad SMARTS) is 1. The molecule has 0 radical (unpaired) electrons. The van der Waals surface area contributed by atoms with E-state index in [1.165, 1.54) is 0 Å². The number of pyridine rings is 1. The molecule has 0 atom stereocenters. The van der Waals surface area contributed by atoms with Gasteiger partial charge in [0, 0.05) is 37.6 Å². The summed E-state index contributed by atoms with van der Waals surface area (Å²) in [7, 11) is 0. The molecule has 7 nitrogen and oxygen atoms in total. The number of hydrogen-bond acceptors (Lipinski definition) is 5. The standard InChI is InChI=1S/C22H27N3O4/c26-21-16-25(14-17-6-9-23-10-7-17)15-19-12-18(13-22(27)28)4-5-20(19)29-11-3-1-2-8-24-21/h4-7,9-10,12H,1-3,8,11,13-16H2,(H,24,26)(H,27,28). The number of carbonyl (C=O) groups is 2. The molecule has 29 heavy (non-hydrogen) atoms. The average Bonchev–Trinajstić information content (AvgIpc) is 2.69. The van der Waals surface area contributed by atoms with Crippen LogP contribution in [-0.4, -0.2) is 46.6 Å². The van der Waals surface area contributed by atoms with E-state index < -0.39 is 5.97 Å². The third kappa shape index (κ3) is 6.87. The van der Waals surface area contributed by atoms with Gasteiger partial charge in [0.2, 0.25) is 5.91 Å². The summed E-state index contributed by atoms with van der Waals surface area (Å²) in [5, 5.41) is 12.1. The summed E-state index contributed by atoms with van der Waals surface area (Å²) in [6.07, 6.45) is 6.23. The Morgan fingerprint density at radius 1 is 1.10 bits per heavy atom. The number of carboxylic acids is 1. The molecule has 0 saturated carbocycles. The van der Waals surface area contributed by atoms with E-state index in [4.69, 9.17) is 9.84 Å². The first-order chi connectivity index (χ1) is 14.1. The average molecular weight is 397 g/mol. The van der Waals surface area contributed by atoms with Crippen LogP contribution in [0.5, 0.6) is 5.75 Å². The minimum Gasteiger partial charge on any atom is -0.493 e. The van der Waals surface area contributed by atoms with E-state index in [9.17, 15) is 9.59 Å². The third-order valence-corrected chi connectivity index (χ3v) is 4.80. The molecule has 154 valence electrons. The van der Waals surface area contributed by atoms with Gasteiger partial charge in [0.05, 0.1) is 19.6 Å². The number of amides is 1. The number of fused-ring (bicyclic) bond motifs is 1. The van der Waals surface area contributed by atoms with E-state index >= 15 is 0 Å². The summed E-state index contributed by atoms with van der Waals surface area (Å²) in [6.45, 7) is 2.59. The van der Waals surface area contributed by atoms with Crippen LogP contribution in [0.15, 0.2) is 42.7 Å². The molecule has 0 fully saturated rings. The minimum atomic E-state index is -0.872. The van der Waals surface area contributed by atoms with Gasteiger partial charge in [0.15, 0.2) is 0 Å². The molecule has 2 aromatic rings. The lowest BCUT2D eigenvalue weighted by molar-refractivity contribution is -0.136. The van der Waals surface area contributed by atoms with Gasteiger partial charge < -0.3 is 15.2 Å². The van der Waals surface area contributed by atoms with Gasteiger partial charge in [-0.2, -0.15) is 0 Å². The topological polar surface area (TPSA) is 91.8 Å². The molecular formula is C22H27N3O4. The van der Waals surface area contributed by atoms with Crippen LogP contribution in [-0.2, 0) is 29.1 Å². The van der Waals surface area contributed by atoms with Gasteiger partial charge in [0.1, 0.15) is 5.75 Å². The fourth-order valence-electron chi connectivity index (χ4n) is 3.41. The summed E-state index contributed by atoms with van der Waals surface area (Å²) >= 11 is 0. The molecule has 7 heteroatoms. The highest BCUT2D eigenvalue weighted by Gasteiger charge is 2.16. The van der Waals surface area contributed by atoms with Crippen molar-refractivity contribution in [3.63, 3.8) is 0 Å². The van der Waals surface area contributed by atoms with Crippen LogP contribution in [0.3, 0.4) is 0 Å². The third-order valence-electron chi connectivity index (χ3n) is 4.80. The Bertz CT molecular complexity index is 826. The summed E-state index contributed by atoms with van der Waals surface area (Å²) in [6, 6.07) is 9.37. The van der Waals surface area contributed by atoms with E-state index in [0.717, 1.165) is 41.7 Å². The van der Waals surface area contributed by atoms with Gasteiger partial charge in [-0.3, -0.25) is 19.5 Å². The molecule has 3 rings (SSSR count). The van der Waals surface area contributed by atoms with Crippen molar-refractivity contribution in [1.29, 1.82) is 0 Å². The second-order valence-corrected chi connectivity index (χ2v) is 7.27. The Hall–Kier alpha value is -2.93. The molecule has 2 heterocycles. The SMILES string of the molecule is O=C(O)Cc1ccc2c(c1)CN(Cc1ccncc1)CC(=O)NCCCCCO2. The van der Waals surface area contributed by atoms with Gasteiger partial charge in [-0.1, -0.05) is 12.1 Å². The van der Waals surface area contributed by atoms with Crippen molar-refractivity contribution in [2.24, 2.45) is 0 Å². The molecule has 1 aromatic carbocycles. The summed E-state index contributed by atoms with van der Waals surface area (Å²) in [5.74, 6) is -0.135. The highest BCUT2D eigenvalue weighted by atomic mass is 16.5. The van der Waals surface area contributed by atoms with Crippen LogP contribution in [0.4, 0.5) is 0 Å². The van der Waals surface area contributed by atoms with Gasteiger partial charge in [-0.25, -0.2) is 0 Å². The molecule has 0 unspecified atom stereocenters. The Morgan fingerprint density at radius 3 is 2.72 bits per heavy atom. The molecule has 0 spiro atoms. The Morgan fingerprint density at radius 2 is 1.93 bits per heavy atom. The predicted molar refractivity (Wildman–Crippen MR) is 108 cm³/mol. The molecule has 2 N–H and O–H groups in total. The van der Waals surface area contributed by atoms with Gasteiger partial charge in [-0.15, -0.1) is 0 Å². The first-order valence-electron chi connectivity index (χ1n) is 9.94. The first kappa shape index (κ1) is 20.8. The summed E-state index contributed by atoms with van der Waals surface area (Å²) in [4.78, 5) is 29.7. The quantitative estimate of drug-likeness (QED) is 0.823. The molecular weight excluding hydrogens is 370 g/mol. The number of nitrogens with one attached hydrogen (secondary N) is 1. The Labute approximate surface area is 170 Å². The zero-order valence-electron chi connectivity index (χ0n) is 16.5. The molecule has 1 aliphatic rings. The van der Waals surface area contributed by atoms with E-state index in [1.54, 1.807) is 18.5 Å². The zero-order valence-corrected chi connectivity index (χ0v) is 16.5. The predicted octanol–water partition coefficient (Wildman–Crippen LogP) is 2.39. The fourth-order valence-corrected chi connectivity index (χ4v) is 3.41. The van der Waals surface area contributed by atoms with Gasteiger partial charge in [-0.05, 0) is 48.6 Å². The molecule has 1 amide bonds. The summed E-state index contributed by atoms with van der Waals surface area (Å²) < 4.78 is 6.00. The van der Waals surface area contributed by atoms with Gasteiger partial charge in [0.25, 0.3) is 0 Å². The van der Waals surface area contributed by atoms with Crippen molar-refractivity contribution < 1.29 is 19.4 Å². The molecule has 0 aliphatic carbocycles. The molecule has 1 aliphatic heterocycles. The van der Waals surface area contributed by atoms with Crippen LogP contribution in [0.25, 0.3) is 0 Å². The van der Waals surface area contributed by atoms with Crippen molar-refractivity contribution in [3.05, 3.63) is 59.4 Å². The van der Waals surface area contributed by atoms with Crippen LogP contribution in [0, 0.1) is 0 Å². The zero-order chi connectivity index (χ0) is 20.5. The van der Waals surface area contributed by atoms with Crippen LogP contribution in [0.2, 0.25) is 0 Å². The lowest BCUT2D eigenvalue weighted by Gasteiger charge is -2.23. The number of aliphatic carboxylic acids is 1. The van der Waals surface area contributed by atoms with Crippen molar-refractivity contribution in [2.45, 2.75) is 38.8 Å². The molecule has 1 aromatic heterocycles. The van der Waals surface area contributed by atoms with Gasteiger partial charge >= 0.3 is 5.97 Å². The maximum absolute atomic E-state index is 12.4. The van der Waals surface area contributed by atoms with Crippen molar-refractivity contribution >= 4 is 11.9 Å². The maximum atomic E-state index is 12.4.